The Balaban J connectivity index is 1.75. The molecule has 0 bridgehead atoms. The van der Waals surface area contributed by atoms with E-state index in [1.165, 1.54) is 24.1 Å². The van der Waals surface area contributed by atoms with Crippen LogP contribution >= 0.6 is 0 Å². The van der Waals surface area contributed by atoms with E-state index in [1.807, 2.05) is 30.3 Å². The Labute approximate surface area is 163 Å². The average Bonchev–Trinajstić information content (AvgIpc) is 3.13. The predicted molar refractivity (Wildman–Crippen MR) is 107 cm³/mol. The molecule has 1 heterocycles. The number of benzene rings is 2. The lowest BCUT2D eigenvalue weighted by atomic mass is 9.82. The minimum Gasteiger partial charge on any atom is -0.505 e. The molecule has 2 aromatic carbocycles. The fraction of sp³-hybridized carbons (Fsp3) is 0.409. The van der Waals surface area contributed by atoms with Gasteiger partial charge in [-0.2, -0.15) is 0 Å². The Morgan fingerprint density at radius 3 is 2.39 bits per heavy atom. The summed E-state index contributed by atoms with van der Waals surface area (Å²) in [7, 11) is 0. The Bertz CT molecular complexity index is 957. The van der Waals surface area contributed by atoms with E-state index in [0.717, 1.165) is 35.0 Å². The highest BCUT2D eigenvalue weighted by atomic mass is 16.4. The summed E-state index contributed by atoms with van der Waals surface area (Å²) in [6.45, 7) is 0. The molecule has 0 unspecified atom stereocenters. The molecule has 4 rings (SSSR count). The molecule has 1 aromatic heterocycles. The summed E-state index contributed by atoms with van der Waals surface area (Å²) in [5, 5.41) is 29.1. The van der Waals surface area contributed by atoms with Gasteiger partial charge in [-0.25, -0.2) is 0 Å². The number of aliphatic carboxylic acids is 1. The van der Waals surface area contributed by atoms with E-state index >= 15 is 0 Å². The number of fused-ring (bicyclic) bond motifs is 1. The number of phenols is 1. The second-order valence-corrected chi connectivity index (χ2v) is 7.61. The number of aryl methyl sites for hydroxylation is 1. The Hall–Kier alpha value is -2.89. The zero-order chi connectivity index (χ0) is 19.5. The van der Waals surface area contributed by atoms with E-state index in [2.05, 4.69) is 16.3 Å². The van der Waals surface area contributed by atoms with Crippen molar-refractivity contribution >= 4 is 17.0 Å². The first-order valence-electron chi connectivity index (χ1n) is 10.0. The molecule has 28 heavy (non-hydrogen) atoms. The summed E-state index contributed by atoms with van der Waals surface area (Å²) in [4.78, 5) is 12.4. The smallest absolute Gasteiger partial charge is 0.303 e. The van der Waals surface area contributed by atoms with Crippen molar-refractivity contribution in [2.45, 2.75) is 57.3 Å². The number of aromatic nitrogens is 3. The molecular formula is C22H25N3O3. The van der Waals surface area contributed by atoms with Crippen molar-refractivity contribution in [2.24, 2.45) is 0 Å². The van der Waals surface area contributed by atoms with Crippen molar-refractivity contribution in [3.63, 3.8) is 0 Å². The van der Waals surface area contributed by atoms with Crippen LogP contribution < -0.4 is 0 Å². The molecule has 0 spiro atoms. The van der Waals surface area contributed by atoms with Gasteiger partial charge in [0.15, 0.2) is 0 Å². The molecule has 1 saturated carbocycles. The van der Waals surface area contributed by atoms with E-state index in [0.29, 0.717) is 24.4 Å². The van der Waals surface area contributed by atoms with Crippen LogP contribution in [-0.4, -0.2) is 31.2 Å². The largest absolute Gasteiger partial charge is 0.505 e. The molecule has 0 radical (unpaired) electrons. The fourth-order valence-corrected chi connectivity index (χ4v) is 4.13. The summed E-state index contributed by atoms with van der Waals surface area (Å²) >= 11 is 0. The quantitative estimate of drug-likeness (QED) is 0.654. The standard InChI is InChI=1S/C22H25N3O3/c26-21(27)12-6-7-15-13-17(16-8-2-1-3-9-16)22(28)20(14-15)25-23-18-10-4-5-11-19(18)24-25/h4-5,10-11,13-14,16,28H,1-3,6-9,12H2,(H,26,27). The third-order valence-electron chi connectivity index (χ3n) is 5.58. The molecule has 2 N–H and O–H groups in total. The van der Waals surface area contributed by atoms with E-state index in [1.54, 1.807) is 0 Å². The molecule has 0 saturated heterocycles. The number of hydrogen-bond acceptors (Lipinski definition) is 4. The molecule has 1 aliphatic carbocycles. The van der Waals surface area contributed by atoms with E-state index < -0.39 is 5.97 Å². The second kappa shape index (κ2) is 8.00. The minimum absolute atomic E-state index is 0.138. The summed E-state index contributed by atoms with van der Waals surface area (Å²) < 4.78 is 0. The van der Waals surface area contributed by atoms with Crippen LogP contribution in [0.5, 0.6) is 5.75 Å². The third kappa shape index (κ3) is 3.86. The Morgan fingerprint density at radius 1 is 1.07 bits per heavy atom. The van der Waals surface area contributed by atoms with Crippen molar-refractivity contribution in [3.05, 3.63) is 47.5 Å². The van der Waals surface area contributed by atoms with Gasteiger partial charge in [0.1, 0.15) is 22.5 Å². The molecule has 0 amide bonds. The number of hydrogen-bond donors (Lipinski definition) is 2. The highest BCUT2D eigenvalue weighted by Gasteiger charge is 2.23. The summed E-state index contributed by atoms with van der Waals surface area (Å²) in [5.41, 5.74) is 4.10. The number of carboxylic acid groups (broad SMARTS) is 1. The van der Waals surface area contributed by atoms with Crippen LogP contribution in [0.2, 0.25) is 0 Å². The van der Waals surface area contributed by atoms with Gasteiger partial charge in [0.2, 0.25) is 0 Å². The van der Waals surface area contributed by atoms with Gasteiger partial charge in [0.05, 0.1) is 0 Å². The van der Waals surface area contributed by atoms with Crippen molar-refractivity contribution < 1.29 is 15.0 Å². The molecule has 1 aliphatic rings. The van der Waals surface area contributed by atoms with E-state index in [9.17, 15) is 9.90 Å². The van der Waals surface area contributed by atoms with Gasteiger partial charge < -0.3 is 10.2 Å². The maximum Gasteiger partial charge on any atom is 0.303 e. The zero-order valence-electron chi connectivity index (χ0n) is 15.8. The van der Waals surface area contributed by atoms with Crippen LogP contribution in [-0.2, 0) is 11.2 Å². The van der Waals surface area contributed by atoms with Gasteiger partial charge in [0, 0.05) is 6.42 Å². The van der Waals surface area contributed by atoms with Crippen molar-refractivity contribution in [1.82, 2.24) is 15.0 Å². The third-order valence-corrected chi connectivity index (χ3v) is 5.58. The normalized spacial score (nSPS) is 15.1. The number of aromatic hydroxyl groups is 1. The topological polar surface area (TPSA) is 88.2 Å². The van der Waals surface area contributed by atoms with Crippen LogP contribution in [0.4, 0.5) is 0 Å². The average molecular weight is 379 g/mol. The monoisotopic (exact) mass is 379 g/mol. The van der Waals surface area contributed by atoms with Gasteiger partial charge >= 0.3 is 5.97 Å². The first-order chi connectivity index (χ1) is 13.6. The molecular weight excluding hydrogens is 354 g/mol. The minimum atomic E-state index is -0.786. The molecule has 3 aromatic rings. The molecule has 146 valence electrons. The highest BCUT2D eigenvalue weighted by molar-refractivity contribution is 5.73. The first-order valence-corrected chi connectivity index (χ1v) is 10.0. The van der Waals surface area contributed by atoms with Crippen molar-refractivity contribution in [1.29, 1.82) is 0 Å². The predicted octanol–water partition coefficient (Wildman–Crippen LogP) is 4.58. The lowest BCUT2D eigenvalue weighted by molar-refractivity contribution is -0.137. The van der Waals surface area contributed by atoms with E-state index in [-0.39, 0.29) is 12.2 Å². The van der Waals surface area contributed by atoms with Crippen LogP contribution in [0.25, 0.3) is 16.7 Å². The molecule has 0 aliphatic heterocycles. The van der Waals surface area contributed by atoms with Gasteiger partial charge in [-0.15, -0.1) is 15.0 Å². The number of carbonyl (C=O) groups is 1. The lowest BCUT2D eigenvalue weighted by Crippen LogP contribution is -2.09. The summed E-state index contributed by atoms with van der Waals surface area (Å²) in [6, 6.07) is 11.6. The fourth-order valence-electron chi connectivity index (χ4n) is 4.13. The van der Waals surface area contributed by atoms with Crippen molar-refractivity contribution in [2.75, 3.05) is 0 Å². The summed E-state index contributed by atoms with van der Waals surface area (Å²) in [5.74, 6) is -0.211. The zero-order valence-corrected chi connectivity index (χ0v) is 15.8. The van der Waals surface area contributed by atoms with E-state index in [4.69, 9.17) is 5.11 Å². The lowest BCUT2D eigenvalue weighted by Gasteiger charge is -2.24. The van der Waals surface area contributed by atoms with Gasteiger partial charge in [0.25, 0.3) is 0 Å². The SMILES string of the molecule is O=C(O)CCCc1cc(C2CCCCC2)c(O)c(-n2nc3ccccc3n2)c1. The number of nitrogens with zero attached hydrogens (tertiary/aromatic N) is 3. The number of phenolic OH excluding ortho intramolecular Hbond substituents is 1. The Kier molecular flexibility index (Phi) is 5.28. The highest BCUT2D eigenvalue weighted by Crippen LogP contribution is 2.40. The Morgan fingerprint density at radius 2 is 1.75 bits per heavy atom. The molecule has 1 fully saturated rings. The van der Waals surface area contributed by atoms with Crippen LogP contribution in [0.3, 0.4) is 0 Å². The molecule has 6 heteroatoms. The van der Waals surface area contributed by atoms with Gasteiger partial charge in [-0.3, -0.25) is 4.79 Å². The molecule has 6 nitrogen and oxygen atoms in total. The van der Waals surface area contributed by atoms with Gasteiger partial charge in [-0.1, -0.05) is 37.5 Å². The van der Waals surface area contributed by atoms with Crippen LogP contribution in [0.1, 0.15) is 62.0 Å². The van der Waals surface area contributed by atoms with Gasteiger partial charge in [-0.05, 0) is 60.9 Å². The molecule has 0 atom stereocenters. The maximum atomic E-state index is 11.1. The summed E-state index contributed by atoms with van der Waals surface area (Å²) in [6.07, 6.45) is 7.09. The number of carboxylic acids is 1. The second-order valence-electron chi connectivity index (χ2n) is 7.61. The number of rotatable bonds is 6. The van der Waals surface area contributed by atoms with Crippen LogP contribution in [0, 0.1) is 0 Å². The van der Waals surface area contributed by atoms with Crippen molar-refractivity contribution in [3.8, 4) is 11.4 Å². The maximum absolute atomic E-state index is 11.1. The first kappa shape index (κ1) is 18.5. The van der Waals surface area contributed by atoms with Crippen LogP contribution in [0.15, 0.2) is 36.4 Å².